The van der Waals surface area contributed by atoms with Crippen LogP contribution in [0.25, 0.3) is 0 Å². The number of ether oxygens (including phenoxy) is 1. The molecule has 0 amide bonds. The molecule has 1 aliphatic carbocycles. The Bertz CT molecular complexity index is 193. The quantitative estimate of drug-likeness (QED) is 0.714. The largest absolute Gasteiger partial charge is 0.388 e. The summed E-state index contributed by atoms with van der Waals surface area (Å²) in [5, 5.41) is 13.7. The van der Waals surface area contributed by atoms with Gasteiger partial charge in [0.2, 0.25) is 0 Å². The fraction of sp³-hybridized carbons (Fsp3) is 1.00. The highest BCUT2D eigenvalue weighted by Crippen LogP contribution is 2.29. The predicted molar refractivity (Wildman–Crippen MR) is 55.2 cm³/mol. The normalized spacial score (nSPS) is 43.9. The third kappa shape index (κ3) is 2.69. The first-order chi connectivity index (χ1) is 6.57. The van der Waals surface area contributed by atoms with Gasteiger partial charge in [0.25, 0.3) is 0 Å². The SMILES string of the molecule is CC1CC(O)(CNC2CC2)CC(C)O1. The Morgan fingerprint density at radius 3 is 2.36 bits per heavy atom. The van der Waals surface area contributed by atoms with Crippen LogP contribution in [0.5, 0.6) is 0 Å². The molecule has 1 aliphatic heterocycles. The number of hydrogen-bond donors (Lipinski definition) is 2. The third-order valence-corrected chi connectivity index (χ3v) is 3.10. The molecule has 0 radical (unpaired) electrons. The van der Waals surface area contributed by atoms with Crippen LogP contribution in [0, 0.1) is 0 Å². The Labute approximate surface area is 85.8 Å². The van der Waals surface area contributed by atoms with Crippen molar-refractivity contribution in [1.82, 2.24) is 5.32 Å². The first-order valence-electron chi connectivity index (χ1n) is 5.69. The van der Waals surface area contributed by atoms with Crippen LogP contribution in [0.4, 0.5) is 0 Å². The van der Waals surface area contributed by atoms with E-state index in [2.05, 4.69) is 5.32 Å². The van der Waals surface area contributed by atoms with Gasteiger partial charge >= 0.3 is 0 Å². The van der Waals surface area contributed by atoms with Crippen molar-refractivity contribution in [2.24, 2.45) is 0 Å². The fourth-order valence-corrected chi connectivity index (χ4v) is 2.41. The molecule has 1 heterocycles. The molecule has 2 unspecified atom stereocenters. The second-order valence-electron chi connectivity index (χ2n) is 5.05. The summed E-state index contributed by atoms with van der Waals surface area (Å²) >= 11 is 0. The zero-order valence-electron chi connectivity index (χ0n) is 9.12. The molecule has 3 nitrogen and oxygen atoms in total. The lowest BCUT2D eigenvalue weighted by atomic mass is 9.87. The summed E-state index contributed by atoms with van der Waals surface area (Å²) in [4.78, 5) is 0. The van der Waals surface area contributed by atoms with E-state index in [-0.39, 0.29) is 12.2 Å². The van der Waals surface area contributed by atoms with Crippen molar-refractivity contribution in [3.8, 4) is 0 Å². The Kier molecular flexibility index (Phi) is 2.82. The average Bonchev–Trinajstić information content (AvgIpc) is 2.80. The summed E-state index contributed by atoms with van der Waals surface area (Å²) in [5.74, 6) is 0. The van der Waals surface area contributed by atoms with Crippen molar-refractivity contribution >= 4 is 0 Å². The van der Waals surface area contributed by atoms with Crippen LogP contribution in [0.1, 0.15) is 39.5 Å². The van der Waals surface area contributed by atoms with E-state index in [1.165, 1.54) is 12.8 Å². The number of aliphatic hydroxyl groups is 1. The summed E-state index contributed by atoms with van der Waals surface area (Å²) in [6, 6.07) is 0.674. The van der Waals surface area contributed by atoms with Crippen molar-refractivity contribution < 1.29 is 9.84 Å². The highest BCUT2D eigenvalue weighted by Gasteiger charge is 2.37. The molecule has 2 fully saturated rings. The molecule has 82 valence electrons. The van der Waals surface area contributed by atoms with Gasteiger partial charge in [0, 0.05) is 25.4 Å². The van der Waals surface area contributed by atoms with E-state index in [0.29, 0.717) is 6.04 Å². The zero-order valence-corrected chi connectivity index (χ0v) is 9.12. The van der Waals surface area contributed by atoms with Crippen LogP contribution in [-0.4, -0.2) is 35.5 Å². The van der Waals surface area contributed by atoms with Crippen LogP contribution < -0.4 is 5.32 Å². The van der Waals surface area contributed by atoms with E-state index >= 15 is 0 Å². The maximum Gasteiger partial charge on any atom is 0.0820 e. The van der Waals surface area contributed by atoms with Crippen LogP contribution >= 0.6 is 0 Å². The van der Waals surface area contributed by atoms with Gasteiger partial charge in [-0.2, -0.15) is 0 Å². The smallest absolute Gasteiger partial charge is 0.0820 e. The molecule has 0 aromatic rings. The summed E-state index contributed by atoms with van der Waals surface area (Å²) in [7, 11) is 0. The lowest BCUT2D eigenvalue weighted by Gasteiger charge is -2.39. The average molecular weight is 199 g/mol. The molecule has 0 aromatic heterocycles. The highest BCUT2D eigenvalue weighted by atomic mass is 16.5. The van der Waals surface area contributed by atoms with E-state index in [1.54, 1.807) is 0 Å². The molecule has 1 saturated carbocycles. The molecule has 2 atom stereocenters. The van der Waals surface area contributed by atoms with Crippen molar-refractivity contribution in [2.45, 2.75) is 63.4 Å². The van der Waals surface area contributed by atoms with Crippen LogP contribution in [-0.2, 0) is 4.74 Å². The van der Waals surface area contributed by atoms with Gasteiger partial charge in [-0.1, -0.05) is 0 Å². The molecule has 3 heteroatoms. The third-order valence-electron chi connectivity index (χ3n) is 3.10. The van der Waals surface area contributed by atoms with Crippen LogP contribution in [0.2, 0.25) is 0 Å². The van der Waals surface area contributed by atoms with Gasteiger partial charge in [0.05, 0.1) is 17.8 Å². The minimum Gasteiger partial charge on any atom is -0.388 e. The van der Waals surface area contributed by atoms with E-state index < -0.39 is 5.60 Å². The Morgan fingerprint density at radius 1 is 1.29 bits per heavy atom. The minimum absolute atomic E-state index is 0.185. The van der Waals surface area contributed by atoms with Crippen LogP contribution in [0.3, 0.4) is 0 Å². The maximum atomic E-state index is 10.3. The molecule has 0 aromatic carbocycles. The van der Waals surface area contributed by atoms with E-state index in [9.17, 15) is 5.11 Å². The van der Waals surface area contributed by atoms with Crippen molar-refractivity contribution in [1.29, 1.82) is 0 Å². The molecule has 2 N–H and O–H groups in total. The Balaban J connectivity index is 1.84. The van der Waals surface area contributed by atoms with Gasteiger partial charge in [-0.05, 0) is 26.7 Å². The Hall–Kier alpha value is -0.120. The standard InChI is InChI=1S/C11H21NO2/c1-8-5-11(13,6-9(2)14-8)7-12-10-3-4-10/h8-10,12-13H,3-7H2,1-2H3. The topological polar surface area (TPSA) is 41.5 Å². The molecule has 0 spiro atoms. The van der Waals surface area contributed by atoms with Crippen molar-refractivity contribution in [3.05, 3.63) is 0 Å². The number of nitrogens with one attached hydrogen (secondary N) is 1. The molecule has 14 heavy (non-hydrogen) atoms. The molecular weight excluding hydrogens is 178 g/mol. The first kappa shape index (κ1) is 10.4. The minimum atomic E-state index is -0.542. The summed E-state index contributed by atoms with van der Waals surface area (Å²) < 4.78 is 5.62. The zero-order chi connectivity index (χ0) is 10.2. The van der Waals surface area contributed by atoms with Crippen molar-refractivity contribution in [2.75, 3.05) is 6.54 Å². The fourth-order valence-electron chi connectivity index (χ4n) is 2.41. The van der Waals surface area contributed by atoms with Gasteiger partial charge < -0.3 is 15.2 Å². The molecule has 1 saturated heterocycles. The molecule has 0 bridgehead atoms. The number of hydrogen-bond acceptors (Lipinski definition) is 3. The molecule has 2 aliphatic rings. The predicted octanol–water partition coefficient (Wildman–Crippen LogP) is 1.06. The highest BCUT2D eigenvalue weighted by molar-refractivity contribution is 4.92. The van der Waals surface area contributed by atoms with Gasteiger partial charge in [-0.3, -0.25) is 0 Å². The van der Waals surface area contributed by atoms with E-state index in [0.717, 1.165) is 19.4 Å². The second-order valence-corrected chi connectivity index (χ2v) is 5.05. The number of rotatable bonds is 3. The maximum absolute atomic E-state index is 10.3. The summed E-state index contributed by atoms with van der Waals surface area (Å²) in [6.45, 7) is 4.81. The monoisotopic (exact) mass is 199 g/mol. The Morgan fingerprint density at radius 2 is 1.86 bits per heavy atom. The van der Waals surface area contributed by atoms with Crippen LogP contribution in [0.15, 0.2) is 0 Å². The second kappa shape index (κ2) is 3.80. The van der Waals surface area contributed by atoms with E-state index in [1.807, 2.05) is 13.8 Å². The lowest BCUT2D eigenvalue weighted by molar-refractivity contribution is -0.129. The molecular formula is C11H21NO2. The van der Waals surface area contributed by atoms with Gasteiger partial charge in [0.15, 0.2) is 0 Å². The lowest BCUT2D eigenvalue weighted by Crippen LogP contribution is -2.50. The van der Waals surface area contributed by atoms with Gasteiger partial charge in [-0.15, -0.1) is 0 Å². The summed E-state index contributed by atoms with van der Waals surface area (Å²) in [5.41, 5.74) is -0.542. The van der Waals surface area contributed by atoms with Gasteiger partial charge in [0.1, 0.15) is 0 Å². The first-order valence-corrected chi connectivity index (χ1v) is 5.69. The van der Waals surface area contributed by atoms with E-state index in [4.69, 9.17) is 4.74 Å². The van der Waals surface area contributed by atoms with Gasteiger partial charge in [-0.25, -0.2) is 0 Å². The molecule has 2 rings (SSSR count). The van der Waals surface area contributed by atoms with Crippen molar-refractivity contribution in [3.63, 3.8) is 0 Å². The summed E-state index contributed by atoms with van der Waals surface area (Å²) in [6.07, 6.45) is 4.44.